The van der Waals surface area contributed by atoms with Crippen molar-refractivity contribution in [2.45, 2.75) is 18.9 Å². The molecule has 1 aliphatic rings. The summed E-state index contributed by atoms with van der Waals surface area (Å²) in [7, 11) is 0. The van der Waals surface area contributed by atoms with E-state index >= 15 is 0 Å². The van der Waals surface area contributed by atoms with Crippen molar-refractivity contribution in [3.05, 3.63) is 57.8 Å². The molecule has 0 radical (unpaired) electrons. The second-order valence-corrected chi connectivity index (χ2v) is 7.63. The van der Waals surface area contributed by atoms with E-state index in [1.54, 1.807) is 6.26 Å². The number of anilines is 1. The third-order valence-corrected chi connectivity index (χ3v) is 5.33. The standard InChI is InChI=1S/C19H19Cl2FN2O2S/c1-27-23-19(25)15-10-16(21)18(11-17(15)22)26-14-6-8-24(9-7-14)13-4-2-12(20)3-5-13/h2-5,10-11,14H,6-9H2,1H3,(H,23,25). The number of nitrogens with one attached hydrogen (secondary N) is 1. The zero-order chi connectivity index (χ0) is 19.4. The Kier molecular flexibility index (Phi) is 6.73. The molecule has 0 bridgehead atoms. The minimum Gasteiger partial charge on any atom is -0.489 e. The molecule has 2 aromatic rings. The quantitative estimate of drug-likeness (QED) is 0.665. The second-order valence-electron chi connectivity index (χ2n) is 6.18. The molecule has 1 saturated heterocycles. The number of ether oxygens (including phenoxy) is 1. The maximum absolute atomic E-state index is 14.2. The van der Waals surface area contributed by atoms with Gasteiger partial charge in [0.2, 0.25) is 0 Å². The topological polar surface area (TPSA) is 41.6 Å². The summed E-state index contributed by atoms with van der Waals surface area (Å²) in [5.41, 5.74) is 1.02. The Morgan fingerprint density at radius 3 is 2.52 bits per heavy atom. The molecule has 4 nitrogen and oxygen atoms in total. The van der Waals surface area contributed by atoms with Crippen LogP contribution in [-0.4, -0.2) is 31.4 Å². The number of nitrogens with zero attached hydrogens (tertiary/aromatic N) is 1. The van der Waals surface area contributed by atoms with Crippen LogP contribution in [0.4, 0.5) is 10.1 Å². The molecule has 144 valence electrons. The molecule has 8 heteroatoms. The summed E-state index contributed by atoms with van der Waals surface area (Å²) in [5.74, 6) is -0.913. The highest BCUT2D eigenvalue weighted by molar-refractivity contribution is 7.97. The number of benzene rings is 2. The van der Waals surface area contributed by atoms with Gasteiger partial charge in [-0.2, -0.15) is 0 Å². The zero-order valence-electron chi connectivity index (χ0n) is 14.7. The normalized spacial score (nSPS) is 14.9. The van der Waals surface area contributed by atoms with Gasteiger partial charge in [-0.3, -0.25) is 9.52 Å². The Balaban J connectivity index is 1.62. The molecule has 1 heterocycles. The fourth-order valence-electron chi connectivity index (χ4n) is 3.00. The number of carbonyl (C=O) groups excluding carboxylic acids is 1. The highest BCUT2D eigenvalue weighted by atomic mass is 35.5. The summed E-state index contributed by atoms with van der Waals surface area (Å²) in [5, 5.41) is 0.936. The van der Waals surface area contributed by atoms with E-state index in [-0.39, 0.29) is 22.4 Å². The van der Waals surface area contributed by atoms with Gasteiger partial charge in [-0.15, -0.1) is 0 Å². The van der Waals surface area contributed by atoms with Gasteiger partial charge in [0.15, 0.2) is 0 Å². The Bertz CT molecular complexity index is 812. The van der Waals surface area contributed by atoms with Crippen LogP contribution < -0.4 is 14.4 Å². The average Bonchev–Trinajstić information content (AvgIpc) is 2.66. The van der Waals surface area contributed by atoms with Crippen LogP contribution >= 0.6 is 35.1 Å². The van der Waals surface area contributed by atoms with E-state index in [1.807, 2.05) is 24.3 Å². The minimum atomic E-state index is -0.653. The lowest BCUT2D eigenvalue weighted by atomic mass is 10.1. The molecular weight excluding hydrogens is 410 g/mol. The van der Waals surface area contributed by atoms with Crippen molar-refractivity contribution in [2.75, 3.05) is 24.2 Å². The number of carbonyl (C=O) groups is 1. The maximum Gasteiger partial charge on any atom is 0.264 e. The van der Waals surface area contributed by atoms with E-state index in [9.17, 15) is 9.18 Å². The number of hydrogen-bond donors (Lipinski definition) is 1. The monoisotopic (exact) mass is 428 g/mol. The SMILES string of the molecule is CSNC(=O)c1cc(Cl)c(OC2CCN(c3ccc(Cl)cc3)CC2)cc1F. The van der Waals surface area contributed by atoms with Crippen molar-refractivity contribution in [1.82, 2.24) is 4.72 Å². The van der Waals surface area contributed by atoms with Crippen molar-refractivity contribution in [1.29, 1.82) is 0 Å². The third-order valence-electron chi connectivity index (χ3n) is 4.39. The summed E-state index contributed by atoms with van der Waals surface area (Å²) < 4.78 is 22.6. The summed E-state index contributed by atoms with van der Waals surface area (Å²) in [6, 6.07) is 10.2. The summed E-state index contributed by atoms with van der Waals surface area (Å²) in [4.78, 5) is 14.1. The third kappa shape index (κ3) is 5.00. The Labute approximate surface area is 172 Å². The molecule has 1 aliphatic heterocycles. The lowest BCUT2D eigenvalue weighted by Crippen LogP contribution is -2.38. The van der Waals surface area contributed by atoms with Crippen molar-refractivity contribution >= 4 is 46.7 Å². The van der Waals surface area contributed by atoms with Crippen molar-refractivity contribution < 1.29 is 13.9 Å². The number of rotatable bonds is 5. The number of hydrogen-bond acceptors (Lipinski definition) is 4. The van der Waals surface area contributed by atoms with Crippen LogP contribution in [0.3, 0.4) is 0 Å². The maximum atomic E-state index is 14.2. The fourth-order valence-corrected chi connectivity index (χ4v) is 3.63. The largest absolute Gasteiger partial charge is 0.489 e. The number of amides is 1. The predicted octanol–water partition coefficient (Wildman–Crippen LogP) is 5.19. The van der Waals surface area contributed by atoms with Gasteiger partial charge in [-0.1, -0.05) is 35.1 Å². The highest BCUT2D eigenvalue weighted by Crippen LogP contribution is 2.31. The molecule has 0 atom stereocenters. The molecule has 0 saturated carbocycles. The van der Waals surface area contributed by atoms with E-state index in [2.05, 4.69) is 9.62 Å². The number of piperidine rings is 1. The van der Waals surface area contributed by atoms with Crippen molar-refractivity contribution in [3.63, 3.8) is 0 Å². The number of halogens is 3. The van der Waals surface area contributed by atoms with Gasteiger partial charge in [0.05, 0.1) is 10.6 Å². The molecular formula is C19H19Cl2FN2O2S. The molecule has 0 aromatic heterocycles. The van der Waals surface area contributed by atoms with Gasteiger partial charge in [0.1, 0.15) is 17.7 Å². The Hall–Kier alpha value is -1.63. The highest BCUT2D eigenvalue weighted by Gasteiger charge is 2.23. The smallest absolute Gasteiger partial charge is 0.264 e. The first-order chi connectivity index (χ1) is 13.0. The first-order valence-electron chi connectivity index (χ1n) is 8.47. The Morgan fingerprint density at radius 1 is 1.22 bits per heavy atom. The molecule has 0 aliphatic carbocycles. The molecule has 1 fully saturated rings. The van der Waals surface area contributed by atoms with Crippen LogP contribution in [0.15, 0.2) is 36.4 Å². The average molecular weight is 429 g/mol. The van der Waals surface area contributed by atoms with Crippen molar-refractivity contribution in [2.24, 2.45) is 0 Å². The lowest BCUT2D eigenvalue weighted by molar-refractivity contribution is 0.0980. The van der Waals surface area contributed by atoms with E-state index in [1.165, 1.54) is 12.1 Å². The van der Waals surface area contributed by atoms with Crippen LogP contribution in [0, 0.1) is 5.82 Å². The molecule has 2 aromatic carbocycles. The van der Waals surface area contributed by atoms with E-state index in [4.69, 9.17) is 27.9 Å². The van der Waals surface area contributed by atoms with Crippen LogP contribution in [0.5, 0.6) is 5.75 Å². The molecule has 3 rings (SSSR count). The second kappa shape index (κ2) is 9.04. The van der Waals surface area contributed by atoms with Crippen molar-refractivity contribution in [3.8, 4) is 5.75 Å². The van der Waals surface area contributed by atoms with E-state index < -0.39 is 11.7 Å². The molecule has 0 spiro atoms. The van der Waals surface area contributed by atoms with E-state index in [0.717, 1.165) is 43.6 Å². The van der Waals surface area contributed by atoms with Crippen LogP contribution in [0.1, 0.15) is 23.2 Å². The van der Waals surface area contributed by atoms with Crippen LogP contribution in [-0.2, 0) is 0 Å². The molecule has 0 unspecified atom stereocenters. The molecule has 1 N–H and O–H groups in total. The predicted molar refractivity (Wildman–Crippen MR) is 110 cm³/mol. The molecule has 1 amide bonds. The fraction of sp³-hybridized carbons (Fsp3) is 0.316. The molecule has 27 heavy (non-hydrogen) atoms. The lowest BCUT2D eigenvalue weighted by Gasteiger charge is -2.34. The van der Waals surface area contributed by atoms with Gasteiger partial charge >= 0.3 is 0 Å². The first kappa shape index (κ1) is 20.1. The van der Waals surface area contributed by atoms with Gasteiger partial charge in [-0.05, 0) is 30.3 Å². The summed E-state index contributed by atoms with van der Waals surface area (Å²) >= 11 is 13.2. The van der Waals surface area contributed by atoms with E-state index in [0.29, 0.717) is 5.02 Å². The van der Waals surface area contributed by atoms with Crippen LogP contribution in [0.25, 0.3) is 0 Å². The minimum absolute atomic E-state index is 0.0590. The Morgan fingerprint density at radius 2 is 1.89 bits per heavy atom. The van der Waals surface area contributed by atoms with Gasteiger partial charge in [0.25, 0.3) is 5.91 Å². The van der Waals surface area contributed by atoms with Crippen LogP contribution in [0.2, 0.25) is 10.0 Å². The van der Waals surface area contributed by atoms with Gasteiger partial charge in [-0.25, -0.2) is 4.39 Å². The summed E-state index contributed by atoms with van der Waals surface area (Å²) in [6.45, 7) is 1.64. The van der Waals surface area contributed by atoms with Gasteiger partial charge in [0, 0.05) is 49.0 Å². The summed E-state index contributed by atoms with van der Waals surface area (Å²) in [6.07, 6.45) is 3.20. The van der Waals surface area contributed by atoms with Gasteiger partial charge < -0.3 is 9.64 Å². The zero-order valence-corrected chi connectivity index (χ0v) is 17.0. The first-order valence-corrected chi connectivity index (χ1v) is 10.5.